The molecule has 3 unspecified atom stereocenters. The average molecular weight is 1110 g/mol. The fourth-order valence-electron chi connectivity index (χ4n) is 12.5. The lowest BCUT2D eigenvalue weighted by Crippen LogP contribution is -2.63. The first-order valence-corrected chi connectivity index (χ1v) is 29.4. The van der Waals surface area contributed by atoms with Crippen LogP contribution < -0.4 is 27.8 Å². The van der Waals surface area contributed by atoms with Crippen molar-refractivity contribution in [1.82, 2.24) is 14.7 Å². The summed E-state index contributed by atoms with van der Waals surface area (Å²) in [5.74, 6) is -0.967. The number of nitrogens with two attached hydrogens (primary N) is 3. The summed E-state index contributed by atoms with van der Waals surface area (Å²) in [4.78, 5) is 71.6. The molecule has 1 saturated heterocycles. The van der Waals surface area contributed by atoms with E-state index in [-0.39, 0.29) is 87.5 Å². The maximum atomic E-state index is 14.2. The predicted octanol–water partition coefficient (Wildman–Crippen LogP) is 6.44. The van der Waals surface area contributed by atoms with E-state index in [0.29, 0.717) is 44.6 Å². The molecule has 1 spiro atoms. The van der Waals surface area contributed by atoms with E-state index in [4.69, 9.17) is 26.7 Å². The van der Waals surface area contributed by atoms with Gasteiger partial charge in [-0.2, -0.15) is 8.42 Å². The molecule has 8 rings (SSSR count). The number of fused-ring (bicyclic) bond motifs is 7. The number of rotatable bonds is 31. The van der Waals surface area contributed by atoms with Crippen LogP contribution in [0.2, 0.25) is 0 Å². The molecule has 4 aromatic carbocycles. The number of likely N-dealkylation sites (N-methyl/N-ethyl adjacent to an activating group) is 2. The Morgan fingerprint density at radius 3 is 1.86 bits per heavy atom. The molecule has 4 aliphatic rings. The third-order valence-corrected chi connectivity index (χ3v) is 17.3. The van der Waals surface area contributed by atoms with Gasteiger partial charge in [0.25, 0.3) is 5.91 Å². The fourth-order valence-corrected chi connectivity index (χ4v) is 13.0. The van der Waals surface area contributed by atoms with Crippen molar-refractivity contribution in [3.8, 4) is 0 Å². The Morgan fingerprint density at radius 1 is 0.709 bits per heavy atom. The molecule has 19 heteroatoms. The minimum atomic E-state index is -4.93. The van der Waals surface area contributed by atoms with Crippen molar-refractivity contribution >= 4 is 51.1 Å². The standard InChI is InChI=1S/C60H77FN8O9S/c1-67(31-33-77-35-36-78-34-32-68(2)58(74)52-37-42(64)40-69(52)57(73)41-19-23-45(24-20-41)79(61,75)76)55(72)27-28-59-48-15-11-12-16-49(48)60(59)51-39-44(66-54(71)18-10-6-4-8-14-30-63)22-26-47(51)56(60)46-25-21-43(38-50(46)59)65-53(70)17-9-5-3-7-13-29-62/h12,16,19-26,38-39,42,52,56H,3-10,13-14,17-18,27-37,40,62-64H2,1-2H3,(H,65,70)(H,66,71)/t42-,52-,56?,59?,60?/m0/s1. The molecular weight excluding hydrogens is 1030 g/mol. The van der Waals surface area contributed by atoms with Crippen molar-refractivity contribution in [2.75, 3.05) is 83.9 Å². The maximum Gasteiger partial charge on any atom is 0.332 e. The number of hydrogen-bond donors (Lipinski definition) is 5. The smallest absolute Gasteiger partial charge is 0.332 e. The number of hydrogen-bond acceptors (Lipinski definition) is 12. The molecule has 0 radical (unpaired) electrons. The second-order valence-electron chi connectivity index (χ2n) is 21.6. The Kier molecular flexibility index (Phi) is 19.6. The van der Waals surface area contributed by atoms with Crippen molar-refractivity contribution in [1.29, 1.82) is 0 Å². The highest BCUT2D eigenvalue weighted by molar-refractivity contribution is 7.86. The Labute approximate surface area is 464 Å². The molecule has 424 valence electrons. The normalized spacial score (nSPS) is 20.1. The molecule has 79 heavy (non-hydrogen) atoms. The van der Waals surface area contributed by atoms with Crippen molar-refractivity contribution in [2.45, 2.75) is 130 Å². The number of carbonyl (C=O) groups excluding carboxylic acids is 5. The Bertz CT molecular complexity index is 2940. The lowest BCUT2D eigenvalue weighted by Gasteiger charge is -2.64. The van der Waals surface area contributed by atoms with Crippen molar-refractivity contribution in [2.24, 2.45) is 17.2 Å². The van der Waals surface area contributed by atoms with Gasteiger partial charge in [0, 0.05) is 98.3 Å². The average Bonchev–Trinajstić information content (AvgIpc) is 1.64. The first kappa shape index (κ1) is 58.9. The second kappa shape index (κ2) is 26.3. The maximum absolute atomic E-state index is 14.2. The number of unbranched alkanes of at least 4 members (excludes halogenated alkanes) is 8. The van der Waals surface area contributed by atoms with Crippen LogP contribution in [0.1, 0.15) is 146 Å². The molecule has 5 atom stereocenters. The van der Waals surface area contributed by atoms with Crippen LogP contribution in [0.3, 0.4) is 0 Å². The first-order valence-electron chi connectivity index (χ1n) is 28.0. The quantitative estimate of drug-likeness (QED) is 0.0270. The van der Waals surface area contributed by atoms with E-state index >= 15 is 0 Å². The van der Waals surface area contributed by atoms with Crippen LogP contribution in [0, 0.1) is 12.1 Å². The predicted molar refractivity (Wildman–Crippen MR) is 299 cm³/mol. The number of benzene rings is 3. The van der Waals surface area contributed by atoms with Gasteiger partial charge in [0.2, 0.25) is 23.6 Å². The highest BCUT2D eigenvalue weighted by Gasteiger charge is 2.77. The third kappa shape index (κ3) is 12.5. The van der Waals surface area contributed by atoms with Crippen LogP contribution in [0.5, 0.6) is 0 Å². The minimum Gasteiger partial charge on any atom is -0.377 e. The Morgan fingerprint density at radius 2 is 1.27 bits per heavy atom. The van der Waals surface area contributed by atoms with E-state index in [1.54, 1.807) is 19.0 Å². The van der Waals surface area contributed by atoms with Crippen LogP contribution in [0.25, 0.3) is 0 Å². The van der Waals surface area contributed by atoms with Gasteiger partial charge < -0.3 is 52.0 Å². The van der Waals surface area contributed by atoms with Gasteiger partial charge in [-0.1, -0.05) is 62.8 Å². The molecular formula is C60H77FN8O9S. The SMILES string of the molecule is CN(CCOCCOCCN(C)C(=O)[C@@H]1C[C@H](N)CN1C(=O)c1ccc(S(=O)(=O)F)cc1)C(=O)CCC12c3c#cccc3C13c1cc(NC(=O)CCCCCCCN)ccc1C3c1ccc(NC(=O)CCCCCCCN)cc12. The van der Waals surface area contributed by atoms with Gasteiger partial charge in [0.15, 0.2) is 0 Å². The van der Waals surface area contributed by atoms with E-state index in [2.05, 4.69) is 53.1 Å². The van der Waals surface area contributed by atoms with Crippen molar-refractivity contribution in [3.63, 3.8) is 0 Å². The molecule has 0 aromatic heterocycles. The summed E-state index contributed by atoms with van der Waals surface area (Å²) in [7, 11) is -1.56. The Hall–Kier alpha value is -6.27. The van der Waals surface area contributed by atoms with Crippen LogP contribution >= 0.6 is 0 Å². The van der Waals surface area contributed by atoms with Gasteiger partial charge in [0.1, 0.15) is 6.04 Å². The van der Waals surface area contributed by atoms with Crippen molar-refractivity contribution < 1.29 is 45.7 Å². The van der Waals surface area contributed by atoms with Gasteiger partial charge in [-0.25, -0.2) is 0 Å². The molecule has 1 fully saturated rings. The van der Waals surface area contributed by atoms with Crippen LogP contribution in [0.4, 0.5) is 15.3 Å². The topological polar surface area (TPSA) is 250 Å². The second-order valence-corrected chi connectivity index (χ2v) is 22.9. The van der Waals surface area contributed by atoms with Gasteiger partial charge >= 0.3 is 10.2 Å². The van der Waals surface area contributed by atoms with Gasteiger partial charge in [-0.05, 0) is 140 Å². The zero-order valence-corrected chi connectivity index (χ0v) is 46.5. The summed E-state index contributed by atoms with van der Waals surface area (Å²) in [6, 6.07) is 26.4. The lowest BCUT2D eigenvalue weighted by atomic mass is 9.36. The highest BCUT2D eigenvalue weighted by Crippen LogP contribution is 2.80. The number of likely N-dealkylation sites (tertiary alicyclic amines) is 1. The lowest BCUT2D eigenvalue weighted by molar-refractivity contribution is -0.135. The molecule has 1 aliphatic heterocycles. The molecule has 0 saturated carbocycles. The van der Waals surface area contributed by atoms with Gasteiger partial charge in [0.05, 0.1) is 31.3 Å². The number of carbonyl (C=O) groups is 5. The summed E-state index contributed by atoms with van der Waals surface area (Å²) in [5.41, 5.74) is 24.5. The largest absolute Gasteiger partial charge is 0.377 e. The van der Waals surface area contributed by atoms with E-state index in [1.165, 1.54) is 27.5 Å². The number of amides is 5. The molecule has 0 bridgehead atoms. The summed E-state index contributed by atoms with van der Waals surface area (Å²) < 4.78 is 47.6. The van der Waals surface area contributed by atoms with Crippen molar-refractivity contribution in [3.05, 3.63) is 124 Å². The molecule has 3 aliphatic carbocycles. The molecule has 5 amide bonds. The highest BCUT2D eigenvalue weighted by atomic mass is 32.3. The Balaban J connectivity index is 0.870. The number of halogens is 1. The number of nitrogens with zero attached hydrogens (tertiary/aromatic N) is 3. The molecule has 17 nitrogen and oxygen atoms in total. The summed E-state index contributed by atoms with van der Waals surface area (Å²) in [6.45, 7) is 2.99. The number of ether oxygens (including phenoxy) is 2. The van der Waals surface area contributed by atoms with Crippen LogP contribution in [0.15, 0.2) is 77.7 Å². The van der Waals surface area contributed by atoms with Gasteiger partial charge in [-0.15, -0.1) is 3.89 Å². The van der Waals surface area contributed by atoms with E-state index in [0.717, 1.165) is 110 Å². The minimum absolute atomic E-state index is 0.0125. The van der Waals surface area contributed by atoms with E-state index < -0.39 is 43.9 Å². The van der Waals surface area contributed by atoms with Crippen LogP contribution in [-0.2, 0) is 49.7 Å². The van der Waals surface area contributed by atoms with E-state index in [9.17, 15) is 36.3 Å². The zero-order valence-electron chi connectivity index (χ0n) is 45.7. The summed E-state index contributed by atoms with van der Waals surface area (Å²) >= 11 is 0. The van der Waals surface area contributed by atoms with E-state index in [1.807, 2.05) is 18.2 Å². The summed E-state index contributed by atoms with van der Waals surface area (Å²) in [5, 5.41) is 6.37. The summed E-state index contributed by atoms with van der Waals surface area (Å²) in [6.07, 6.45) is 11.5. The first-order chi connectivity index (χ1) is 38.1. The number of nitrogens with one attached hydrogen (secondary N) is 2. The molecule has 8 N–H and O–H groups in total. The molecule has 1 heterocycles. The monoisotopic (exact) mass is 1100 g/mol. The molecule has 4 aromatic rings. The van der Waals surface area contributed by atoms with Crippen LogP contribution in [-0.4, -0.2) is 138 Å². The third-order valence-electron chi connectivity index (χ3n) is 16.4. The number of anilines is 2. The zero-order chi connectivity index (χ0) is 56.3. The van der Waals surface area contributed by atoms with Gasteiger partial charge in [-0.3, -0.25) is 24.0 Å². The fraction of sp³-hybridized carbons (Fsp3) is 0.517.